The molecule has 1 N–H and O–H groups in total. The number of nitro benzene ring substituents is 1. The predicted octanol–water partition coefficient (Wildman–Crippen LogP) is 3.86. The number of hydrogen-bond acceptors (Lipinski definition) is 4. The van der Waals surface area contributed by atoms with Crippen molar-refractivity contribution >= 4 is 17.4 Å². The van der Waals surface area contributed by atoms with E-state index in [1.54, 1.807) is 23.9 Å². The summed E-state index contributed by atoms with van der Waals surface area (Å²) in [4.78, 5) is 11.3. The molecule has 0 aliphatic heterocycles. The van der Waals surface area contributed by atoms with E-state index in [9.17, 15) is 10.1 Å². The van der Waals surface area contributed by atoms with Gasteiger partial charge in [-0.1, -0.05) is 26.0 Å². The van der Waals surface area contributed by atoms with Gasteiger partial charge in [0.05, 0.1) is 9.82 Å². The number of nitro groups is 1. The Hall–Kier alpha value is -1.07. The Morgan fingerprint density at radius 1 is 1.37 bits per heavy atom. The molecule has 1 rings (SSSR count). The molecule has 0 bridgehead atoms. The summed E-state index contributed by atoms with van der Waals surface area (Å²) >= 11 is 1.58. The fraction of sp³-hybridized carbons (Fsp3) is 0.571. The van der Waals surface area contributed by atoms with Crippen molar-refractivity contribution < 1.29 is 4.92 Å². The van der Waals surface area contributed by atoms with Crippen LogP contribution in [0.3, 0.4) is 0 Å². The summed E-state index contributed by atoms with van der Waals surface area (Å²) in [6.07, 6.45) is 3.32. The molecule has 0 heterocycles. The lowest BCUT2D eigenvalue weighted by Crippen LogP contribution is -2.28. The van der Waals surface area contributed by atoms with Gasteiger partial charge in [0.15, 0.2) is 0 Å². The molecule has 4 nitrogen and oxygen atoms in total. The molecule has 1 aromatic rings. The zero-order valence-corrected chi connectivity index (χ0v) is 12.4. The maximum absolute atomic E-state index is 10.9. The molecule has 0 radical (unpaired) electrons. The summed E-state index contributed by atoms with van der Waals surface area (Å²) in [6.45, 7) is 5.29. The molecule has 1 aromatic carbocycles. The van der Waals surface area contributed by atoms with Crippen LogP contribution in [-0.2, 0) is 0 Å². The average molecular weight is 282 g/mol. The summed E-state index contributed by atoms with van der Waals surface area (Å²) in [6, 6.07) is 7.51. The van der Waals surface area contributed by atoms with E-state index in [2.05, 4.69) is 19.2 Å². The highest BCUT2D eigenvalue weighted by atomic mass is 32.2. The summed E-state index contributed by atoms with van der Waals surface area (Å²) in [7, 11) is 0. The minimum Gasteiger partial charge on any atom is -0.314 e. The van der Waals surface area contributed by atoms with Gasteiger partial charge in [0, 0.05) is 12.1 Å². The summed E-state index contributed by atoms with van der Waals surface area (Å²) in [5.74, 6) is 0.923. The van der Waals surface area contributed by atoms with Gasteiger partial charge in [-0.2, -0.15) is 0 Å². The SMILES string of the molecule is CCNC(CC)CCCSc1ccccc1[N+](=O)[O-]. The Kier molecular flexibility index (Phi) is 7.52. The van der Waals surface area contributed by atoms with Gasteiger partial charge >= 0.3 is 0 Å². The second-order valence-corrected chi connectivity index (χ2v) is 5.52. The quantitative estimate of drug-likeness (QED) is 0.323. The third-order valence-electron chi connectivity index (χ3n) is 3.00. The number of hydrogen-bond donors (Lipinski definition) is 1. The van der Waals surface area contributed by atoms with Gasteiger partial charge in [-0.05, 0) is 37.6 Å². The van der Waals surface area contributed by atoms with Crippen molar-refractivity contribution in [2.75, 3.05) is 12.3 Å². The molecule has 0 aliphatic rings. The maximum atomic E-state index is 10.9. The highest BCUT2D eigenvalue weighted by Gasteiger charge is 2.12. The van der Waals surface area contributed by atoms with E-state index in [1.165, 1.54) is 0 Å². The topological polar surface area (TPSA) is 55.2 Å². The Bertz CT molecular complexity index is 399. The molecular weight excluding hydrogens is 260 g/mol. The standard InChI is InChI=1S/C14H22N2O2S/c1-3-12(15-4-2)8-7-11-19-14-10-6-5-9-13(14)16(17)18/h5-6,9-10,12,15H,3-4,7-8,11H2,1-2H3. The van der Waals surface area contributed by atoms with Crippen LogP contribution in [0.25, 0.3) is 0 Å². The van der Waals surface area contributed by atoms with Crippen LogP contribution >= 0.6 is 11.8 Å². The number of thioether (sulfide) groups is 1. The zero-order valence-electron chi connectivity index (χ0n) is 11.6. The summed E-state index contributed by atoms with van der Waals surface area (Å²) < 4.78 is 0. The molecule has 0 fully saturated rings. The van der Waals surface area contributed by atoms with Crippen molar-refractivity contribution in [2.45, 2.75) is 44.0 Å². The molecule has 5 heteroatoms. The second-order valence-electron chi connectivity index (χ2n) is 4.38. The maximum Gasteiger partial charge on any atom is 0.282 e. The Morgan fingerprint density at radius 2 is 2.11 bits per heavy atom. The van der Waals surface area contributed by atoms with Crippen molar-refractivity contribution in [1.82, 2.24) is 5.32 Å². The minimum atomic E-state index is -0.310. The van der Waals surface area contributed by atoms with Crippen LogP contribution < -0.4 is 5.32 Å². The largest absolute Gasteiger partial charge is 0.314 e. The Morgan fingerprint density at radius 3 is 2.74 bits per heavy atom. The van der Waals surface area contributed by atoms with Gasteiger partial charge in [-0.3, -0.25) is 10.1 Å². The monoisotopic (exact) mass is 282 g/mol. The predicted molar refractivity (Wildman–Crippen MR) is 80.8 cm³/mol. The molecule has 0 aliphatic carbocycles. The molecule has 0 aromatic heterocycles. The molecular formula is C14H22N2O2S. The highest BCUT2D eigenvalue weighted by Crippen LogP contribution is 2.29. The van der Waals surface area contributed by atoms with E-state index in [-0.39, 0.29) is 10.6 Å². The molecule has 0 saturated heterocycles. The molecule has 0 amide bonds. The lowest BCUT2D eigenvalue weighted by Gasteiger charge is -2.15. The molecule has 19 heavy (non-hydrogen) atoms. The van der Waals surface area contributed by atoms with E-state index >= 15 is 0 Å². The molecule has 1 unspecified atom stereocenters. The van der Waals surface area contributed by atoms with Crippen molar-refractivity contribution in [2.24, 2.45) is 0 Å². The van der Waals surface area contributed by atoms with Crippen LogP contribution in [0.2, 0.25) is 0 Å². The van der Waals surface area contributed by atoms with Gasteiger partial charge < -0.3 is 5.32 Å². The van der Waals surface area contributed by atoms with Crippen LogP contribution in [0.5, 0.6) is 0 Å². The van der Waals surface area contributed by atoms with E-state index in [0.717, 1.165) is 36.5 Å². The van der Waals surface area contributed by atoms with Gasteiger partial charge in [0.2, 0.25) is 0 Å². The number of nitrogens with zero attached hydrogens (tertiary/aromatic N) is 1. The Balaban J connectivity index is 2.39. The molecule has 0 spiro atoms. The van der Waals surface area contributed by atoms with Crippen LogP contribution in [0.4, 0.5) is 5.69 Å². The first kappa shape index (κ1) is 16.0. The lowest BCUT2D eigenvalue weighted by atomic mass is 10.1. The second kappa shape index (κ2) is 8.93. The van der Waals surface area contributed by atoms with Crippen LogP contribution in [-0.4, -0.2) is 23.3 Å². The van der Waals surface area contributed by atoms with E-state index in [1.807, 2.05) is 12.1 Å². The Labute approximate surface area is 119 Å². The smallest absolute Gasteiger partial charge is 0.282 e. The van der Waals surface area contributed by atoms with Gasteiger partial charge in [0.25, 0.3) is 5.69 Å². The molecule has 106 valence electrons. The third-order valence-corrected chi connectivity index (χ3v) is 4.15. The first-order valence-electron chi connectivity index (χ1n) is 6.78. The molecule has 0 saturated carbocycles. The third kappa shape index (κ3) is 5.61. The van der Waals surface area contributed by atoms with Gasteiger partial charge in [0.1, 0.15) is 0 Å². The average Bonchev–Trinajstić information content (AvgIpc) is 2.42. The van der Waals surface area contributed by atoms with Crippen molar-refractivity contribution in [3.05, 3.63) is 34.4 Å². The van der Waals surface area contributed by atoms with Gasteiger partial charge in [-0.15, -0.1) is 11.8 Å². The number of benzene rings is 1. The minimum absolute atomic E-state index is 0.214. The van der Waals surface area contributed by atoms with Crippen molar-refractivity contribution in [1.29, 1.82) is 0 Å². The van der Waals surface area contributed by atoms with Crippen molar-refractivity contribution in [3.63, 3.8) is 0 Å². The van der Waals surface area contributed by atoms with Crippen molar-refractivity contribution in [3.8, 4) is 0 Å². The van der Waals surface area contributed by atoms with Crippen LogP contribution in [0, 0.1) is 10.1 Å². The van der Waals surface area contributed by atoms with E-state index in [4.69, 9.17) is 0 Å². The first-order chi connectivity index (χ1) is 9.19. The molecule has 1 atom stereocenters. The number of para-hydroxylation sites is 1. The summed E-state index contributed by atoms with van der Waals surface area (Å²) in [5, 5.41) is 14.3. The number of nitrogens with one attached hydrogen (secondary N) is 1. The summed E-state index contributed by atoms with van der Waals surface area (Å²) in [5.41, 5.74) is 0.214. The highest BCUT2D eigenvalue weighted by molar-refractivity contribution is 7.99. The van der Waals surface area contributed by atoms with Gasteiger partial charge in [-0.25, -0.2) is 0 Å². The lowest BCUT2D eigenvalue weighted by molar-refractivity contribution is -0.387. The zero-order chi connectivity index (χ0) is 14.1. The van der Waals surface area contributed by atoms with Crippen LogP contribution in [0.15, 0.2) is 29.2 Å². The number of rotatable bonds is 9. The van der Waals surface area contributed by atoms with E-state index in [0.29, 0.717) is 6.04 Å². The normalized spacial score (nSPS) is 12.3. The van der Waals surface area contributed by atoms with Crippen LogP contribution in [0.1, 0.15) is 33.1 Å². The fourth-order valence-corrected chi connectivity index (χ4v) is 2.98. The van der Waals surface area contributed by atoms with E-state index < -0.39 is 0 Å². The first-order valence-corrected chi connectivity index (χ1v) is 7.77. The fourth-order valence-electron chi connectivity index (χ4n) is 1.98.